The van der Waals surface area contributed by atoms with Gasteiger partial charge in [0.15, 0.2) is 0 Å². The van der Waals surface area contributed by atoms with Crippen LogP contribution < -0.4 is 0 Å². The lowest BCUT2D eigenvalue weighted by Crippen LogP contribution is -2.34. The van der Waals surface area contributed by atoms with Crippen molar-refractivity contribution in [2.75, 3.05) is 26.8 Å². The van der Waals surface area contributed by atoms with E-state index in [1.165, 1.54) is 49.8 Å². The zero-order valence-electron chi connectivity index (χ0n) is 16.1. The summed E-state index contributed by atoms with van der Waals surface area (Å²) >= 11 is 0. The maximum atomic E-state index is 11.7. The molecule has 0 spiro atoms. The number of carbonyl (C=O) groups is 2. The minimum atomic E-state index is -0.483. The highest BCUT2D eigenvalue weighted by Crippen LogP contribution is 2.09. The van der Waals surface area contributed by atoms with E-state index in [9.17, 15) is 9.59 Å². The van der Waals surface area contributed by atoms with Crippen molar-refractivity contribution in [1.29, 1.82) is 0 Å². The Labute approximate surface area is 148 Å². The number of amides is 1. The van der Waals surface area contributed by atoms with Crippen LogP contribution in [-0.2, 0) is 14.3 Å². The Morgan fingerprint density at radius 3 is 1.96 bits per heavy atom. The van der Waals surface area contributed by atoms with E-state index in [2.05, 4.69) is 6.92 Å². The molecular weight excluding hydrogens is 306 g/mol. The average Bonchev–Trinajstić information content (AvgIpc) is 2.54. The van der Waals surface area contributed by atoms with Gasteiger partial charge < -0.3 is 14.4 Å². The highest BCUT2D eigenvalue weighted by molar-refractivity contribution is 5.77. The van der Waals surface area contributed by atoms with E-state index in [-0.39, 0.29) is 18.4 Å². The zero-order chi connectivity index (χ0) is 18.2. The summed E-state index contributed by atoms with van der Waals surface area (Å²) in [6.07, 6.45) is 10.6. The van der Waals surface area contributed by atoms with Gasteiger partial charge in [0.05, 0.1) is 13.2 Å². The standard InChI is InChI=1S/C19H37NO4/c1-5-6-7-8-9-10-11-12-13-14-23-18(21)15-20(4)19(22)24-16-17(2)3/h17H,5-16H2,1-4H3. The van der Waals surface area contributed by atoms with Gasteiger partial charge in [-0.3, -0.25) is 4.79 Å². The SMILES string of the molecule is CCCCCCCCCCCOC(=O)CN(C)C(=O)OCC(C)C. The number of carbonyl (C=O) groups excluding carboxylic acids is 2. The number of unbranched alkanes of at least 4 members (excludes halogenated alkanes) is 8. The van der Waals surface area contributed by atoms with Gasteiger partial charge in [0, 0.05) is 7.05 Å². The molecule has 0 atom stereocenters. The maximum Gasteiger partial charge on any atom is 0.410 e. The molecular formula is C19H37NO4. The molecule has 0 bridgehead atoms. The monoisotopic (exact) mass is 343 g/mol. The molecule has 0 aliphatic heterocycles. The van der Waals surface area contributed by atoms with E-state index in [4.69, 9.17) is 9.47 Å². The van der Waals surface area contributed by atoms with E-state index in [0.717, 1.165) is 12.8 Å². The topological polar surface area (TPSA) is 55.8 Å². The number of ether oxygens (including phenoxy) is 2. The first-order valence-corrected chi connectivity index (χ1v) is 9.50. The highest BCUT2D eigenvalue weighted by Gasteiger charge is 2.15. The first-order valence-electron chi connectivity index (χ1n) is 9.50. The van der Waals surface area contributed by atoms with Crippen LogP contribution in [0.1, 0.15) is 78.6 Å². The van der Waals surface area contributed by atoms with E-state index in [1.54, 1.807) is 7.05 Å². The van der Waals surface area contributed by atoms with Crippen molar-refractivity contribution in [3.05, 3.63) is 0 Å². The predicted molar refractivity (Wildman–Crippen MR) is 97.0 cm³/mol. The van der Waals surface area contributed by atoms with E-state index < -0.39 is 6.09 Å². The molecule has 0 rings (SSSR count). The molecule has 0 aromatic heterocycles. The van der Waals surface area contributed by atoms with Crippen LogP contribution in [0.5, 0.6) is 0 Å². The molecule has 0 heterocycles. The van der Waals surface area contributed by atoms with Gasteiger partial charge in [0.25, 0.3) is 0 Å². The lowest BCUT2D eigenvalue weighted by Gasteiger charge is -2.17. The number of esters is 1. The van der Waals surface area contributed by atoms with Crippen molar-refractivity contribution in [2.24, 2.45) is 5.92 Å². The fourth-order valence-electron chi connectivity index (χ4n) is 2.25. The highest BCUT2D eigenvalue weighted by atomic mass is 16.6. The van der Waals surface area contributed by atoms with Gasteiger partial charge in [-0.1, -0.05) is 72.1 Å². The van der Waals surface area contributed by atoms with Crippen LogP contribution in [0.25, 0.3) is 0 Å². The Kier molecular flexibility index (Phi) is 14.5. The van der Waals surface area contributed by atoms with Crippen LogP contribution in [0.2, 0.25) is 0 Å². The van der Waals surface area contributed by atoms with Gasteiger partial charge in [-0.25, -0.2) is 4.79 Å². The van der Waals surface area contributed by atoms with Crippen molar-refractivity contribution in [3.63, 3.8) is 0 Å². The van der Waals surface area contributed by atoms with Gasteiger partial charge >= 0.3 is 12.1 Å². The fraction of sp³-hybridized carbons (Fsp3) is 0.895. The van der Waals surface area contributed by atoms with E-state index in [1.807, 2.05) is 13.8 Å². The molecule has 0 fully saturated rings. The fourth-order valence-corrected chi connectivity index (χ4v) is 2.25. The van der Waals surface area contributed by atoms with Crippen LogP contribution in [-0.4, -0.2) is 43.8 Å². The van der Waals surface area contributed by atoms with E-state index >= 15 is 0 Å². The minimum absolute atomic E-state index is 0.0612. The van der Waals surface area contributed by atoms with Crippen molar-refractivity contribution >= 4 is 12.1 Å². The molecule has 0 unspecified atom stereocenters. The quantitative estimate of drug-likeness (QED) is 0.336. The van der Waals surface area contributed by atoms with Crippen LogP contribution >= 0.6 is 0 Å². The largest absolute Gasteiger partial charge is 0.464 e. The molecule has 0 aliphatic rings. The zero-order valence-corrected chi connectivity index (χ0v) is 16.1. The van der Waals surface area contributed by atoms with Gasteiger partial charge in [-0.2, -0.15) is 0 Å². The second-order valence-corrected chi connectivity index (χ2v) is 6.88. The van der Waals surface area contributed by atoms with Gasteiger partial charge in [0.1, 0.15) is 6.54 Å². The van der Waals surface area contributed by atoms with Gasteiger partial charge in [0.2, 0.25) is 0 Å². The Morgan fingerprint density at radius 1 is 0.875 bits per heavy atom. The molecule has 0 N–H and O–H groups in total. The first-order chi connectivity index (χ1) is 11.5. The third-order valence-corrected chi connectivity index (χ3v) is 3.73. The minimum Gasteiger partial charge on any atom is -0.464 e. The number of nitrogens with zero attached hydrogens (tertiary/aromatic N) is 1. The molecule has 1 amide bonds. The molecule has 5 heteroatoms. The molecule has 24 heavy (non-hydrogen) atoms. The summed E-state index contributed by atoms with van der Waals surface area (Å²) < 4.78 is 10.2. The summed E-state index contributed by atoms with van der Waals surface area (Å²) in [4.78, 5) is 24.5. The predicted octanol–water partition coefficient (Wildman–Crippen LogP) is 4.78. The summed E-state index contributed by atoms with van der Waals surface area (Å²) in [5, 5.41) is 0. The summed E-state index contributed by atoms with van der Waals surface area (Å²) in [5.74, 6) is -0.0977. The molecule has 0 aromatic rings. The Bertz CT molecular complexity index is 331. The molecule has 0 saturated heterocycles. The number of likely N-dealkylation sites (N-methyl/N-ethyl adjacent to an activating group) is 1. The first kappa shape index (κ1) is 22.7. The molecule has 0 aliphatic carbocycles. The van der Waals surface area contributed by atoms with Gasteiger partial charge in [-0.05, 0) is 12.3 Å². The second-order valence-electron chi connectivity index (χ2n) is 6.88. The van der Waals surface area contributed by atoms with Crippen LogP contribution in [0.3, 0.4) is 0 Å². The average molecular weight is 344 g/mol. The summed E-state index contributed by atoms with van der Waals surface area (Å²) in [6.45, 7) is 6.89. The third kappa shape index (κ3) is 14.3. The second kappa shape index (κ2) is 15.3. The Hall–Kier alpha value is -1.26. The summed E-state index contributed by atoms with van der Waals surface area (Å²) in [6, 6.07) is 0. The molecule has 5 nitrogen and oxygen atoms in total. The normalized spacial score (nSPS) is 10.7. The lowest BCUT2D eigenvalue weighted by atomic mass is 10.1. The molecule has 142 valence electrons. The number of hydrogen-bond donors (Lipinski definition) is 0. The molecule has 0 aromatic carbocycles. The van der Waals surface area contributed by atoms with Crippen molar-refractivity contribution < 1.29 is 19.1 Å². The number of hydrogen-bond acceptors (Lipinski definition) is 4. The number of rotatable bonds is 14. The Morgan fingerprint density at radius 2 is 1.42 bits per heavy atom. The lowest BCUT2D eigenvalue weighted by molar-refractivity contribution is -0.144. The molecule has 0 saturated carbocycles. The third-order valence-electron chi connectivity index (χ3n) is 3.73. The van der Waals surface area contributed by atoms with Gasteiger partial charge in [-0.15, -0.1) is 0 Å². The van der Waals surface area contributed by atoms with Crippen LogP contribution in [0.4, 0.5) is 4.79 Å². The maximum absolute atomic E-state index is 11.7. The summed E-state index contributed by atoms with van der Waals surface area (Å²) in [5.41, 5.74) is 0. The summed E-state index contributed by atoms with van der Waals surface area (Å²) in [7, 11) is 1.54. The van der Waals surface area contributed by atoms with Crippen LogP contribution in [0, 0.1) is 5.92 Å². The van der Waals surface area contributed by atoms with Crippen molar-refractivity contribution in [1.82, 2.24) is 4.90 Å². The van der Waals surface area contributed by atoms with Crippen molar-refractivity contribution in [2.45, 2.75) is 78.6 Å². The van der Waals surface area contributed by atoms with Crippen molar-refractivity contribution in [3.8, 4) is 0 Å². The smallest absolute Gasteiger partial charge is 0.410 e. The molecule has 0 radical (unpaired) electrons. The van der Waals surface area contributed by atoms with E-state index in [0.29, 0.717) is 13.2 Å². The Balaban J connectivity index is 3.50. The van der Waals surface area contributed by atoms with Crippen LogP contribution in [0.15, 0.2) is 0 Å².